The average Bonchev–Trinajstić information content (AvgIpc) is 2.74. The summed E-state index contributed by atoms with van der Waals surface area (Å²) in [5.41, 5.74) is -2.75. The number of benzene rings is 2. The molecule has 1 unspecified atom stereocenters. The van der Waals surface area contributed by atoms with E-state index in [4.69, 9.17) is 34.8 Å². The van der Waals surface area contributed by atoms with Crippen LogP contribution < -0.4 is 5.32 Å². The van der Waals surface area contributed by atoms with E-state index in [1.54, 1.807) is 0 Å². The third kappa shape index (κ3) is 9.80. The average molecular weight is 647 g/mol. The van der Waals surface area contributed by atoms with Crippen molar-refractivity contribution in [1.82, 2.24) is 5.32 Å². The van der Waals surface area contributed by atoms with Crippen molar-refractivity contribution in [2.75, 3.05) is 18.1 Å². The standard InChI is InChI=1S/C23H18Cl3F8NO3S/c1-21(27,28)15(13-9-17(24)19(26)18(25)10-13)5-3-12-2-4-14(16(8-12)23(32,33)34)20(36)35-6-7-39(37,38)11-22(29,30)31/h2-5,8-10,15H,6-7,11H2,1H3,(H,35,36). The van der Waals surface area contributed by atoms with E-state index in [9.17, 15) is 48.3 Å². The Morgan fingerprint density at radius 1 is 0.974 bits per heavy atom. The maximum absolute atomic E-state index is 14.4. The van der Waals surface area contributed by atoms with Crippen LogP contribution in [-0.4, -0.2) is 44.5 Å². The monoisotopic (exact) mass is 645 g/mol. The fourth-order valence-electron chi connectivity index (χ4n) is 3.37. The van der Waals surface area contributed by atoms with E-state index in [0.29, 0.717) is 13.0 Å². The summed E-state index contributed by atoms with van der Waals surface area (Å²) in [6.07, 6.45) is -8.26. The van der Waals surface area contributed by atoms with E-state index >= 15 is 0 Å². The maximum atomic E-state index is 14.4. The molecule has 216 valence electrons. The van der Waals surface area contributed by atoms with E-state index in [0.717, 1.165) is 36.4 Å². The largest absolute Gasteiger partial charge is 0.417 e. The quantitative estimate of drug-likeness (QED) is 0.223. The zero-order valence-electron chi connectivity index (χ0n) is 19.5. The molecule has 0 aliphatic carbocycles. The molecule has 1 amide bonds. The molecule has 2 rings (SSSR count). The summed E-state index contributed by atoms with van der Waals surface area (Å²) in [4.78, 5) is 12.3. The third-order valence-electron chi connectivity index (χ3n) is 5.07. The predicted octanol–water partition coefficient (Wildman–Crippen LogP) is 7.82. The molecule has 0 aromatic heterocycles. The lowest BCUT2D eigenvalue weighted by atomic mass is 9.92. The van der Waals surface area contributed by atoms with Crippen LogP contribution in [0, 0.1) is 0 Å². The Kier molecular flexibility index (Phi) is 10.4. The van der Waals surface area contributed by atoms with Crippen LogP contribution in [0.3, 0.4) is 0 Å². The Balaban J connectivity index is 2.34. The molecule has 0 bridgehead atoms. The number of alkyl halides is 8. The van der Waals surface area contributed by atoms with Crippen molar-refractivity contribution in [2.24, 2.45) is 0 Å². The lowest BCUT2D eigenvalue weighted by molar-refractivity contribution is -0.138. The van der Waals surface area contributed by atoms with Crippen molar-refractivity contribution < 1.29 is 48.3 Å². The lowest BCUT2D eigenvalue weighted by Crippen LogP contribution is -2.33. The fraction of sp³-hybridized carbons (Fsp3) is 0.348. The second-order valence-electron chi connectivity index (χ2n) is 8.36. The fourth-order valence-corrected chi connectivity index (χ4v) is 5.04. The molecular formula is C23H18Cl3F8NO3S. The van der Waals surface area contributed by atoms with Crippen LogP contribution in [0.5, 0.6) is 0 Å². The first-order valence-corrected chi connectivity index (χ1v) is 13.5. The molecule has 4 nitrogen and oxygen atoms in total. The first kappa shape index (κ1) is 33.1. The number of hydrogen-bond donors (Lipinski definition) is 1. The van der Waals surface area contributed by atoms with Crippen LogP contribution in [0.1, 0.15) is 39.9 Å². The summed E-state index contributed by atoms with van der Waals surface area (Å²) in [6.45, 7) is -0.308. The van der Waals surface area contributed by atoms with E-state index in [2.05, 4.69) is 0 Å². The third-order valence-corrected chi connectivity index (χ3v) is 7.86. The van der Waals surface area contributed by atoms with Gasteiger partial charge in [-0.3, -0.25) is 4.79 Å². The van der Waals surface area contributed by atoms with Gasteiger partial charge in [0.05, 0.1) is 37.9 Å². The van der Waals surface area contributed by atoms with Crippen LogP contribution in [0.25, 0.3) is 6.08 Å². The summed E-state index contributed by atoms with van der Waals surface area (Å²) in [5, 5.41) is 1.52. The predicted molar refractivity (Wildman–Crippen MR) is 132 cm³/mol. The molecule has 39 heavy (non-hydrogen) atoms. The van der Waals surface area contributed by atoms with Gasteiger partial charge in [0.15, 0.2) is 9.84 Å². The Labute approximate surface area is 232 Å². The van der Waals surface area contributed by atoms with Crippen molar-refractivity contribution in [2.45, 2.75) is 31.1 Å². The maximum Gasteiger partial charge on any atom is 0.417 e. The minimum Gasteiger partial charge on any atom is -0.351 e. The molecule has 16 heteroatoms. The molecule has 0 aliphatic rings. The van der Waals surface area contributed by atoms with Gasteiger partial charge in [0, 0.05) is 13.5 Å². The first-order chi connectivity index (χ1) is 17.6. The zero-order valence-corrected chi connectivity index (χ0v) is 22.6. The molecule has 0 radical (unpaired) electrons. The Bertz CT molecular complexity index is 1330. The second kappa shape index (κ2) is 12.2. The topological polar surface area (TPSA) is 63.2 Å². The molecule has 2 aromatic rings. The van der Waals surface area contributed by atoms with Gasteiger partial charge in [-0.15, -0.1) is 0 Å². The van der Waals surface area contributed by atoms with Gasteiger partial charge in [0.1, 0.15) is 5.75 Å². The van der Waals surface area contributed by atoms with Crippen LogP contribution in [0.2, 0.25) is 15.1 Å². The summed E-state index contributed by atoms with van der Waals surface area (Å²) >= 11 is 17.7. The molecule has 2 aromatic carbocycles. The first-order valence-electron chi connectivity index (χ1n) is 10.6. The van der Waals surface area contributed by atoms with Crippen LogP contribution in [0.15, 0.2) is 36.4 Å². The highest BCUT2D eigenvalue weighted by Crippen LogP contribution is 2.40. The van der Waals surface area contributed by atoms with Crippen molar-refractivity contribution in [3.05, 3.63) is 73.7 Å². The van der Waals surface area contributed by atoms with Crippen molar-refractivity contribution in [1.29, 1.82) is 0 Å². The molecule has 0 heterocycles. The number of hydrogen-bond acceptors (Lipinski definition) is 3. The number of allylic oxidation sites excluding steroid dienone is 1. The van der Waals surface area contributed by atoms with Crippen molar-refractivity contribution >= 4 is 56.6 Å². The number of nitrogens with one attached hydrogen (secondary N) is 1. The second-order valence-corrected chi connectivity index (χ2v) is 11.7. The van der Waals surface area contributed by atoms with Gasteiger partial charge in [-0.2, -0.15) is 26.3 Å². The van der Waals surface area contributed by atoms with E-state index in [1.807, 2.05) is 5.32 Å². The van der Waals surface area contributed by atoms with Crippen LogP contribution in [-0.2, 0) is 16.0 Å². The molecular weight excluding hydrogens is 629 g/mol. The lowest BCUT2D eigenvalue weighted by Gasteiger charge is -2.22. The van der Waals surface area contributed by atoms with Gasteiger partial charge in [0.25, 0.3) is 11.8 Å². The van der Waals surface area contributed by atoms with E-state index in [-0.39, 0.29) is 26.2 Å². The number of amides is 1. The van der Waals surface area contributed by atoms with E-state index < -0.39 is 69.1 Å². The summed E-state index contributed by atoms with van der Waals surface area (Å²) in [7, 11) is -4.68. The number of sulfone groups is 1. The molecule has 0 saturated heterocycles. The molecule has 0 spiro atoms. The van der Waals surface area contributed by atoms with Crippen molar-refractivity contribution in [3.63, 3.8) is 0 Å². The highest BCUT2D eigenvalue weighted by molar-refractivity contribution is 7.91. The van der Waals surface area contributed by atoms with Gasteiger partial charge in [-0.05, 0) is 35.4 Å². The Morgan fingerprint density at radius 2 is 1.54 bits per heavy atom. The van der Waals surface area contributed by atoms with Crippen LogP contribution in [0.4, 0.5) is 35.1 Å². The Morgan fingerprint density at radius 3 is 2.03 bits per heavy atom. The Hall–Kier alpha value is -2.09. The molecule has 0 aliphatic heterocycles. The number of carbonyl (C=O) groups excluding carboxylic acids is 1. The number of carbonyl (C=O) groups is 1. The summed E-state index contributed by atoms with van der Waals surface area (Å²) in [6, 6.07) is 4.49. The summed E-state index contributed by atoms with van der Waals surface area (Å²) in [5.74, 6) is -9.83. The van der Waals surface area contributed by atoms with Gasteiger partial charge in [0.2, 0.25) is 0 Å². The highest BCUT2D eigenvalue weighted by atomic mass is 35.5. The normalized spacial score (nSPS) is 14.1. The van der Waals surface area contributed by atoms with Gasteiger partial charge >= 0.3 is 12.4 Å². The summed E-state index contributed by atoms with van der Waals surface area (Å²) < 4.78 is 130. The molecule has 0 fully saturated rings. The zero-order chi connectivity index (χ0) is 30.0. The smallest absolute Gasteiger partial charge is 0.351 e. The van der Waals surface area contributed by atoms with Gasteiger partial charge in [-0.1, -0.05) is 53.0 Å². The minimum atomic E-state index is -5.11. The van der Waals surface area contributed by atoms with Gasteiger partial charge < -0.3 is 5.32 Å². The molecule has 1 N–H and O–H groups in total. The van der Waals surface area contributed by atoms with Crippen LogP contribution >= 0.6 is 34.8 Å². The van der Waals surface area contributed by atoms with Crippen molar-refractivity contribution in [3.8, 4) is 0 Å². The molecule has 1 atom stereocenters. The highest BCUT2D eigenvalue weighted by Gasteiger charge is 2.37. The molecule has 0 saturated carbocycles. The number of rotatable bonds is 9. The van der Waals surface area contributed by atoms with Gasteiger partial charge in [-0.25, -0.2) is 17.2 Å². The number of halogens is 11. The van der Waals surface area contributed by atoms with E-state index in [1.165, 1.54) is 0 Å². The SMILES string of the molecule is CC(F)(F)C(C=Cc1ccc(C(=O)NCCS(=O)(=O)CC(F)(F)F)c(C(F)(F)F)c1)c1cc(Cl)c(Cl)c(Cl)c1. The minimum absolute atomic E-state index is 0.0779.